The molecule has 0 amide bonds. The Morgan fingerprint density at radius 1 is 1.68 bits per heavy atom. The van der Waals surface area contributed by atoms with Gasteiger partial charge in [0.05, 0.1) is 25.7 Å². The van der Waals surface area contributed by atoms with Crippen LogP contribution in [-0.4, -0.2) is 51.8 Å². The molecule has 0 bridgehead atoms. The van der Waals surface area contributed by atoms with E-state index < -0.39 is 18.4 Å². The zero-order valence-electron chi connectivity index (χ0n) is 10.4. The maximum atomic E-state index is 12.7. The average Bonchev–Trinajstić information content (AvgIpc) is 2.96. The van der Waals surface area contributed by atoms with Crippen LogP contribution in [0.3, 0.4) is 0 Å². The molecule has 106 valence electrons. The summed E-state index contributed by atoms with van der Waals surface area (Å²) in [4.78, 5) is 16.6. The number of carboxylic acid groups (broad SMARTS) is 1. The molecule has 2 unspecified atom stereocenters. The first-order valence-corrected chi connectivity index (χ1v) is 5.81. The minimum absolute atomic E-state index is 0.146. The third-order valence-corrected chi connectivity index (χ3v) is 3.28. The third kappa shape index (κ3) is 2.90. The standard InChI is InChI=1S/C11H15F2N3O3/c1-15(8-6-19-5-7(8)10(17)18)4-9-14-2-3-16(9)11(12)13/h2-3,7-8,11H,4-6H2,1H3,(H,17,18). The molecule has 2 heterocycles. The highest BCUT2D eigenvalue weighted by molar-refractivity contribution is 5.71. The Balaban J connectivity index is 2.06. The molecule has 0 aromatic carbocycles. The maximum Gasteiger partial charge on any atom is 0.319 e. The summed E-state index contributed by atoms with van der Waals surface area (Å²) in [6.07, 6.45) is 2.50. The van der Waals surface area contributed by atoms with Crippen molar-refractivity contribution >= 4 is 5.97 Å². The SMILES string of the molecule is CN(Cc1nccn1C(F)F)C1COCC1C(=O)O. The zero-order chi connectivity index (χ0) is 14.0. The molecular formula is C11H15F2N3O3. The molecule has 1 N–H and O–H groups in total. The van der Waals surface area contributed by atoms with Gasteiger partial charge < -0.3 is 9.84 Å². The van der Waals surface area contributed by atoms with Crippen LogP contribution in [0.15, 0.2) is 12.4 Å². The summed E-state index contributed by atoms with van der Waals surface area (Å²) in [5.74, 6) is -1.37. The number of hydrogen-bond acceptors (Lipinski definition) is 4. The van der Waals surface area contributed by atoms with Gasteiger partial charge in [-0.2, -0.15) is 8.78 Å². The van der Waals surface area contributed by atoms with Crippen LogP contribution in [0.2, 0.25) is 0 Å². The van der Waals surface area contributed by atoms with Gasteiger partial charge in [0.15, 0.2) is 0 Å². The Morgan fingerprint density at radius 3 is 3.05 bits per heavy atom. The number of aromatic nitrogens is 2. The first kappa shape index (κ1) is 13.9. The topological polar surface area (TPSA) is 67.6 Å². The van der Waals surface area contributed by atoms with Crippen LogP contribution >= 0.6 is 0 Å². The van der Waals surface area contributed by atoms with Crippen LogP contribution in [-0.2, 0) is 16.1 Å². The van der Waals surface area contributed by atoms with E-state index in [0.717, 1.165) is 4.57 Å². The van der Waals surface area contributed by atoms with E-state index in [4.69, 9.17) is 9.84 Å². The third-order valence-electron chi connectivity index (χ3n) is 3.28. The molecular weight excluding hydrogens is 260 g/mol. The van der Waals surface area contributed by atoms with Gasteiger partial charge in [0.25, 0.3) is 0 Å². The lowest BCUT2D eigenvalue weighted by Crippen LogP contribution is -2.40. The fraction of sp³-hybridized carbons (Fsp3) is 0.636. The van der Waals surface area contributed by atoms with Crippen LogP contribution in [0.1, 0.15) is 12.4 Å². The molecule has 1 aromatic heterocycles. The van der Waals surface area contributed by atoms with E-state index in [1.807, 2.05) is 0 Å². The maximum absolute atomic E-state index is 12.7. The summed E-state index contributed by atoms with van der Waals surface area (Å²) in [6.45, 7) is -2.08. The van der Waals surface area contributed by atoms with Crippen molar-refractivity contribution in [1.82, 2.24) is 14.5 Å². The molecule has 1 fully saturated rings. The normalized spacial score (nSPS) is 23.4. The van der Waals surface area contributed by atoms with Crippen molar-refractivity contribution in [3.05, 3.63) is 18.2 Å². The number of aliphatic carboxylic acids is 1. The van der Waals surface area contributed by atoms with Gasteiger partial charge in [-0.1, -0.05) is 0 Å². The van der Waals surface area contributed by atoms with Gasteiger partial charge in [-0.3, -0.25) is 14.3 Å². The number of likely N-dealkylation sites (N-methyl/N-ethyl adjacent to an activating group) is 1. The van der Waals surface area contributed by atoms with Crippen molar-refractivity contribution in [3.8, 4) is 0 Å². The van der Waals surface area contributed by atoms with Crippen molar-refractivity contribution in [2.24, 2.45) is 5.92 Å². The molecule has 0 spiro atoms. The van der Waals surface area contributed by atoms with Crippen LogP contribution in [0.5, 0.6) is 0 Å². The van der Waals surface area contributed by atoms with Crippen molar-refractivity contribution < 1.29 is 23.4 Å². The highest BCUT2D eigenvalue weighted by Crippen LogP contribution is 2.21. The number of alkyl halides is 2. The Kier molecular flexibility index (Phi) is 4.11. The summed E-state index contributed by atoms with van der Waals surface area (Å²) >= 11 is 0. The summed E-state index contributed by atoms with van der Waals surface area (Å²) in [5, 5.41) is 9.05. The predicted molar refractivity (Wildman–Crippen MR) is 60.7 cm³/mol. The number of halogens is 2. The molecule has 2 atom stereocenters. The Labute approximate surface area is 108 Å². The number of rotatable bonds is 5. The second-order valence-corrected chi connectivity index (χ2v) is 4.49. The van der Waals surface area contributed by atoms with Gasteiger partial charge in [-0.05, 0) is 7.05 Å². The predicted octanol–water partition coefficient (Wildman–Crippen LogP) is 0.810. The molecule has 2 rings (SSSR count). The highest BCUT2D eigenvalue weighted by Gasteiger charge is 2.37. The lowest BCUT2D eigenvalue weighted by atomic mass is 10.0. The summed E-state index contributed by atoms with van der Waals surface area (Å²) < 4.78 is 31.3. The monoisotopic (exact) mass is 275 g/mol. The summed E-state index contributed by atoms with van der Waals surface area (Å²) in [7, 11) is 1.68. The van der Waals surface area contributed by atoms with Gasteiger partial charge in [0.1, 0.15) is 5.82 Å². The van der Waals surface area contributed by atoms with Crippen LogP contribution in [0.4, 0.5) is 8.78 Å². The summed E-state index contributed by atoms with van der Waals surface area (Å²) in [5.41, 5.74) is 0. The van der Waals surface area contributed by atoms with E-state index in [1.165, 1.54) is 12.4 Å². The number of carbonyl (C=O) groups is 1. The van der Waals surface area contributed by atoms with Crippen molar-refractivity contribution in [3.63, 3.8) is 0 Å². The van der Waals surface area contributed by atoms with Gasteiger partial charge in [0, 0.05) is 18.4 Å². The molecule has 1 aliphatic rings. The molecule has 1 saturated heterocycles. The molecule has 0 radical (unpaired) electrons. The Bertz CT molecular complexity index is 452. The van der Waals surface area contributed by atoms with Crippen molar-refractivity contribution in [1.29, 1.82) is 0 Å². The lowest BCUT2D eigenvalue weighted by Gasteiger charge is -2.25. The largest absolute Gasteiger partial charge is 0.481 e. The quantitative estimate of drug-likeness (QED) is 0.861. The Morgan fingerprint density at radius 2 is 2.42 bits per heavy atom. The van der Waals surface area contributed by atoms with Gasteiger partial charge in [-0.15, -0.1) is 0 Å². The minimum atomic E-state index is -2.65. The van der Waals surface area contributed by atoms with E-state index in [9.17, 15) is 13.6 Å². The molecule has 1 aliphatic heterocycles. The summed E-state index contributed by atoms with van der Waals surface area (Å²) in [6, 6.07) is -0.333. The molecule has 19 heavy (non-hydrogen) atoms. The van der Waals surface area contributed by atoms with E-state index >= 15 is 0 Å². The van der Waals surface area contributed by atoms with Crippen molar-refractivity contribution in [2.75, 3.05) is 20.3 Å². The molecule has 8 heteroatoms. The van der Waals surface area contributed by atoms with Crippen LogP contribution < -0.4 is 0 Å². The number of carboxylic acids is 1. The smallest absolute Gasteiger partial charge is 0.319 e. The van der Waals surface area contributed by atoms with Gasteiger partial charge >= 0.3 is 12.5 Å². The zero-order valence-corrected chi connectivity index (χ0v) is 10.4. The van der Waals surface area contributed by atoms with E-state index in [-0.39, 0.29) is 31.6 Å². The number of hydrogen-bond donors (Lipinski definition) is 1. The molecule has 1 aromatic rings. The second-order valence-electron chi connectivity index (χ2n) is 4.49. The van der Waals surface area contributed by atoms with E-state index in [2.05, 4.69) is 4.98 Å². The second kappa shape index (κ2) is 5.62. The first-order chi connectivity index (χ1) is 9.00. The Hall–Kier alpha value is -1.54. The van der Waals surface area contributed by atoms with Gasteiger partial charge in [0.2, 0.25) is 0 Å². The number of nitrogens with zero attached hydrogens (tertiary/aromatic N) is 3. The van der Waals surface area contributed by atoms with E-state index in [1.54, 1.807) is 11.9 Å². The number of imidazole rings is 1. The fourth-order valence-corrected chi connectivity index (χ4v) is 2.20. The average molecular weight is 275 g/mol. The van der Waals surface area contributed by atoms with Crippen LogP contribution in [0, 0.1) is 5.92 Å². The first-order valence-electron chi connectivity index (χ1n) is 5.81. The van der Waals surface area contributed by atoms with Crippen LogP contribution in [0.25, 0.3) is 0 Å². The van der Waals surface area contributed by atoms with E-state index in [0.29, 0.717) is 0 Å². The molecule has 0 saturated carbocycles. The molecule has 6 nitrogen and oxygen atoms in total. The number of ether oxygens (including phenoxy) is 1. The minimum Gasteiger partial charge on any atom is -0.481 e. The fourth-order valence-electron chi connectivity index (χ4n) is 2.20. The highest BCUT2D eigenvalue weighted by atomic mass is 19.3. The lowest BCUT2D eigenvalue weighted by molar-refractivity contribution is -0.143. The van der Waals surface area contributed by atoms with Crippen molar-refractivity contribution in [2.45, 2.75) is 19.1 Å². The van der Waals surface area contributed by atoms with Gasteiger partial charge in [-0.25, -0.2) is 4.98 Å². The molecule has 0 aliphatic carbocycles.